The molecule has 78 valence electrons. The van der Waals surface area contributed by atoms with Gasteiger partial charge in [-0.15, -0.1) is 22.9 Å². The first-order valence-electron chi connectivity index (χ1n) is 4.69. The quantitative estimate of drug-likeness (QED) is 0.684. The number of hydrogen-bond donors (Lipinski definition) is 0. The molecule has 0 aliphatic rings. The highest BCUT2D eigenvalue weighted by molar-refractivity contribution is 7.16. The summed E-state index contributed by atoms with van der Waals surface area (Å²) in [6.07, 6.45) is 0.846. The minimum Gasteiger partial charge on any atom is -0.127 e. The number of thiophene rings is 1. The zero-order valence-electron chi connectivity index (χ0n) is 7.99. The molecular formula is C12H10Cl2S. The van der Waals surface area contributed by atoms with Gasteiger partial charge in [0.05, 0.1) is 9.71 Å². The van der Waals surface area contributed by atoms with Crippen LogP contribution in [0.2, 0.25) is 4.34 Å². The molecule has 1 heterocycles. The maximum Gasteiger partial charge on any atom is 0.0931 e. The van der Waals surface area contributed by atoms with E-state index in [1.54, 1.807) is 11.3 Å². The van der Waals surface area contributed by atoms with E-state index >= 15 is 0 Å². The Labute approximate surface area is 103 Å². The Hall–Kier alpha value is -0.500. The summed E-state index contributed by atoms with van der Waals surface area (Å²) in [7, 11) is 0. The van der Waals surface area contributed by atoms with Crippen LogP contribution in [-0.4, -0.2) is 0 Å². The summed E-state index contributed by atoms with van der Waals surface area (Å²) >= 11 is 13.7. The first-order chi connectivity index (χ1) is 7.25. The van der Waals surface area contributed by atoms with E-state index in [2.05, 4.69) is 12.1 Å². The van der Waals surface area contributed by atoms with Crippen molar-refractivity contribution in [1.82, 2.24) is 0 Å². The van der Waals surface area contributed by atoms with Crippen molar-refractivity contribution < 1.29 is 0 Å². The molecule has 0 N–H and O–H groups in total. The van der Waals surface area contributed by atoms with Gasteiger partial charge in [-0.2, -0.15) is 0 Å². The second-order valence-electron chi connectivity index (χ2n) is 3.30. The predicted molar refractivity (Wildman–Crippen MR) is 68.1 cm³/mol. The zero-order chi connectivity index (χ0) is 10.7. The van der Waals surface area contributed by atoms with Crippen LogP contribution in [0.3, 0.4) is 0 Å². The van der Waals surface area contributed by atoms with E-state index in [0.717, 1.165) is 15.6 Å². The third-order valence-electron chi connectivity index (χ3n) is 2.16. The molecule has 3 heteroatoms. The lowest BCUT2D eigenvalue weighted by atomic mass is 10.1. The van der Waals surface area contributed by atoms with Crippen molar-refractivity contribution in [1.29, 1.82) is 0 Å². The van der Waals surface area contributed by atoms with Crippen LogP contribution in [0.1, 0.15) is 15.8 Å². The molecule has 0 aliphatic carbocycles. The Morgan fingerprint density at radius 3 is 2.40 bits per heavy atom. The molecule has 1 aromatic carbocycles. The van der Waals surface area contributed by atoms with Gasteiger partial charge < -0.3 is 0 Å². The first-order valence-corrected chi connectivity index (χ1v) is 6.32. The number of rotatable bonds is 3. The smallest absolute Gasteiger partial charge is 0.0931 e. The van der Waals surface area contributed by atoms with Crippen molar-refractivity contribution in [2.24, 2.45) is 0 Å². The minimum absolute atomic E-state index is 0.0184. The number of alkyl halides is 1. The summed E-state index contributed by atoms with van der Waals surface area (Å²) in [4.78, 5) is 1.13. The molecule has 2 aromatic rings. The third-order valence-corrected chi connectivity index (χ3v) is 4.02. The fraction of sp³-hybridized carbons (Fsp3) is 0.167. The average Bonchev–Trinajstić information content (AvgIpc) is 2.66. The Balaban J connectivity index is 2.07. The fourth-order valence-corrected chi connectivity index (χ4v) is 2.84. The van der Waals surface area contributed by atoms with Gasteiger partial charge in [0.1, 0.15) is 0 Å². The van der Waals surface area contributed by atoms with Crippen molar-refractivity contribution in [3.05, 3.63) is 57.2 Å². The van der Waals surface area contributed by atoms with Gasteiger partial charge in [0.2, 0.25) is 0 Å². The molecule has 2 rings (SSSR count). The van der Waals surface area contributed by atoms with Crippen LogP contribution in [-0.2, 0) is 6.42 Å². The predicted octanol–water partition coefficient (Wildman–Crippen LogP) is 4.92. The molecule has 1 unspecified atom stereocenters. The summed E-state index contributed by atoms with van der Waals surface area (Å²) < 4.78 is 0.795. The highest BCUT2D eigenvalue weighted by atomic mass is 35.5. The molecule has 1 aromatic heterocycles. The van der Waals surface area contributed by atoms with E-state index in [1.807, 2.05) is 30.3 Å². The van der Waals surface area contributed by atoms with Crippen molar-refractivity contribution in [3.63, 3.8) is 0 Å². The maximum atomic E-state index is 6.31. The summed E-state index contributed by atoms with van der Waals surface area (Å²) in [5.41, 5.74) is 1.25. The lowest BCUT2D eigenvalue weighted by Gasteiger charge is -2.06. The summed E-state index contributed by atoms with van der Waals surface area (Å²) in [5.74, 6) is 0. The third kappa shape index (κ3) is 2.97. The molecular weight excluding hydrogens is 247 g/mol. The molecule has 0 aliphatic heterocycles. The maximum absolute atomic E-state index is 6.31. The minimum atomic E-state index is 0.0184. The molecule has 1 atom stereocenters. The van der Waals surface area contributed by atoms with Crippen molar-refractivity contribution in [3.8, 4) is 0 Å². The second kappa shape index (κ2) is 5.02. The molecule has 0 bridgehead atoms. The average molecular weight is 257 g/mol. The highest BCUT2D eigenvalue weighted by Gasteiger charge is 2.10. The Morgan fingerprint density at radius 1 is 1.07 bits per heavy atom. The molecule has 0 spiro atoms. The monoisotopic (exact) mass is 256 g/mol. The van der Waals surface area contributed by atoms with Crippen LogP contribution in [0.25, 0.3) is 0 Å². The van der Waals surface area contributed by atoms with Crippen LogP contribution in [0.5, 0.6) is 0 Å². The van der Waals surface area contributed by atoms with Crippen LogP contribution in [0.4, 0.5) is 0 Å². The van der Waals surface area contributed by atoms with E-state index < -0.39 is 0 Å². The number of hydrogen-bond acceptors (Lipinski definition) is 1. The van der Waals surface area contributed by atoms with E-state index in [4.69, 9.17) is 23.2 Å². The molecule has 0 saturated carbocycles. The summed E-state index contributed by atoms with van der Waals surface area (Å²) in [5, 5.41) is 0.0184. The molecule has 0 saturated heterocycles. The largest absolute Gasteiger partial charge is 0.127 e. The van der Waals surface area contributed by atoms with Crippen LogP contribution >= 0.6 is 34.5 Å². The van der Waals surface area contributed by atoms with Gasteiger partial charge in [-0.3, -0.25) is 0 Å². The van der Waals surface area contributed by atoms with Crippen LogP contribution in [0, 0.1) is 0 Å². The van der Waals surface area contributed by atoms with E-state index in [-0.39, 0.29) is 5.38 Å². The lowest BCUT2D eigenvalue weighted by molar-refractivity contribution is 0.940. The van der Waals surface area contributed by atoms with Crippen LogP contribution in [0.15, 0.2) is 42.5 Å². The molecule has 0 fully saturated rings. The Kier molecular flexibility index (Phi) is 3.68. The lowest BCUT2D eigenvalue weighted by Crippen LogP contribution is -1.92. The van der Waals surface area contributed by atoms with Gasteiger partial charge in [-0.25, -0.2) is 0 Å². The molecule has 15 heavy (non-hydrogen) atoms. The molecule has 0 radical (unpaired) electrons. The van der Waals surface area contributed by atoms with Gasteiger partial charge in [0, 0.05) is 4.88 Å². The Bertz CT molecular complexity index is 422. The molecule has 0 amide bonds. The summed E-state index contributed by atoms with van der Waals surface area (Å²) in [6.45, 7) is 0. The van der Waals surface area contributed by atoms with Gasteiger partial charge in [0.15, 0.2) is 0 Å². The van der Waals surface area contributed by atoms with E-state index in [0.29, 0.717) is 0 Å². The number of halogens is 2. The van der Waals surface area contributed by atoms with Crippen molar-refractivity contribution >= 4 is 34.5 Å². The van der Waals surface area contributed by atoms with Crippen LogP contribution < -0.4 is 0 Å². The Morgan fingerprint density at radius 2 is 1.80 bits per heavy atom. The SMILES string of the molecule is Clc1ccc(C(Cl)Cc2ccccc2)s1. The van der Waals surface area contributed by atoms with E-state index in [1.165, 1.54) is 5.56 Å². The first kappa shape index (κ1) is 11.0. The summed E-state index contributed by atoms with van der Waals surface area (Å²) in [6, 6.07) is 14.1. The van der Waals surface area contributed by atoms with Gasteiger partial charge in [0.25, 0.3) is 0 Å². The second-order valence-corrected chi connectivity index (χ2v) is 5.57. The fourth-order valence-electron chi connectivity index (χ4n) is 1.42. The zero-order valence-corrected chi connectivity index (χ0v) is 10.3. The molecule has 0 nitrogen and oxygen atoms in total. The highest BCUT2D eigenvalue weighted by Crippen LogP contribution is 2.32. The van der Waals surface area contributed by atoms with Gasteiger partial charge in [-0.1, -0.05) is 41.9 Å². The van der Waals surface area contributed by atoms with Crippen molar-refractivity contribution in [2.75, 3.05) is 0 Å². The van der Waals surface area contributed by atoms with Crippen molar-refractivity contribution in [2.45, 2.75) is 11.8 Å². The normalized spacial score (nSPS) is 12.7. The number of benzene rings is 1. The van der Waals surface area contributed by atoms with Gasteiger partial charge >= 0.3 is 0 Å². The standard InChI is InChI=1S/C12H10Cl2S/c13-10(11-6-7-12(14)15-11)8-9-4-2-1-3-5-9/h1-7,10H,8H2. The van der Waals surface area contributed by atoms with E-state index in [9.17, 15) is 0 Å². The topological polar surface area (TPSA) is 0 Å². The van der Waals surface area contributed by atoms with Gasteiger partial charge in [-0.05, 0) is 24.1 Å².